The molecule has 0 bridgehead atoms. The predicted octanol–water partition coefficient (Wildman–Crippen LogP) is 1.20. The normalized spacial score (nSPS) is 10.2. The van der Waals surface area contributed by atoms with Crippen molar-refractivity contribution in [2.24, 2.45) is 0 Å². The average Bonchev–Trinajstić information content (AvgIpc) is 2.75. The molecular formula is C12H11ClN4O3. The van der Waals surface area contributed by atoms with Gasteiger partial charge in [0.2, 0.25) is 5.91 Å². The number of nitrogens with zero attached hydrogens (tertiary/aromatic N) is 3. The Bertz CT molecular complexity index is 641. The number of aromatic nitrogens is 3. The first kappa shape index (κ1) is 14.0. The lowest BCUT2D eigenvalue weighted by Gasteiger charge is -2.07. The van der Waals surface area contributed by atoms with Crippen LogP contribution in [0.4, 0.5) is 5.69 Å². The smallest absolute Gasteiger partial charge is 0.309 e. The molecule has 0 saturated carbocycles. The van der Waals surface area contributed by atoms with E-state index in [1.807, 2.05) is 0 Å². The Kier molecular flexibility index (Phi) is 4.31. The standard InChI is InChI=1S/C12H11ClN4O3/c13-8-2-1-3-9(4-8)15-11(18)7-17-10(5-12(19)20)6-14-16-17/h1-4,6H,5,7H2,(H,15,18)(H,19,20). The molecule has 1 aromatic heterocycles. The van der Waals surface area contributed by atoms with Crippen molar-refractivity contribution in [1.29, 1.82) is 0 Å². The lowest BCUT2D eigenvalue weighted by molar-refractivity contribution is -0.136. The molecule has 8 heteroatoms. The summed E-state index contributed by atoms with van der Waals surface area (Å²) in [5.74, 6) is -1.35. The number of hydrogen-bond acceptors (Lipinski definition) is 4. The summed E-state index contributed by atoms with van der Waals surface area (Å²) < 4.78 is 1.24. The number of anilines is 1. The van der Waals surface area contributed by atoms with Crippen LogP contribution in [0, 0.1) is 0 Å². The van der Waals surface area contributed by atoms with Gasteiger partial charge in [0.25, 0.3) is 0 Å². The molecule has 0 fully saturated rings. The number of aliphatic carboxylic acids is 1. The summed E-state index contributed by atoms with van der Waals surface area (Å²) in [6, 6.07) is 6.71. The largest absolute Gasteiger partial charge is 0.481 e. The van der Waals surface area contributed by atoms with Crippen molar-refractivity contribution in [3.05, 3.63) is 41.2 Å². The van der Waals surface area contributed by atoms with E-state index in [-0.39, 0.29) is 18.9 Å². The van der Waals surface area contributed by atoms with Crippen molar-refractivity contribution in [3.63, 3.8) is 0 Å². The fourth-order valence-electron chi connectivity index (χ4n) is 1.61. The van der Waals surface area contributed by atoms with Crippen molar-refractivity contribution in [2.75, 3.05) is 5.32 Å². The zero-order valence-electron chi connectivity index (χ0n) is 10.3. The molecule has 2 aromatic rings. The molecule has 0 atom stereocenters. The summed E-state index contributed by atoms with van der Waals surface area (Å²) >= 11 is 5.81. The number of hydrogen-bond donors (Lipinski definition) is 2. The molecule has 20 heavy (non-hydrogen) atoms. The third-order valence-electron chi connectivity index (χ3n) is 2.43. The van der Waals surface area contributed by atoms with Gasteiger partial charge in [-0.25, -0.2) is 4.68 Å². The Morgan fingerprint density at radius 2 is 2.20 bits per heavy atom. The minimum Gasteiger partial charge on any atom is -0.481 e. The fraction of sp³-hybridized carbons (Fsp3) is 0.167. The highest BCUT2D eigenvalue weighted by Crippen LogP contribution is 2.14. The van der Waals surface area contributed by atoms with E-state index in [1.54, 1.807) is 24.3 Å². The van der Waals surface area contributed by atoms with E-state index in [2.05, 4.69) is 15.6 Å². The van der Waals surface area contributed by atoms with E-state index in [0.29, 0.717) is 16.4 Å². The molecule has 0 aliphatic carbocycles. The van der Waals surface area contributed by atoms with E-state index in [9.17, 15) is 9.59 Å². The number of carbonyl (C=O) groups is 2. The maximum Gasteiger partial charge on any atom is 0.309 e. The van der Waals surface area contributed by atoms with E-state index >= 15 is 0 Å². The zero-order valence-corrected chi connectivity index (χ0v) is 11.0. The van der Waals surface area contributed by atoms with Crippen molar-refractivity contribution < 1.29 is 14.7 Å². The number of carbonyl (C=O) groups excluding carboxylic acids is 1. The third kappa shape index (κ3) is 3.79. The summed E-state index contributed by atoms with van der Waals surface area (Å²) in [4.78, 5) is 22.5. The molecule has 104 valence electrons. The Labute approximate surface area is 119 Å². The van der Waals surface area contributed by atoms with Crippen LogP contribution in [0.1, 0.15) is 5.69 Å². The SMILES string of the molecule is O=C(O)Cc1cnnn1CC(=O)Nc1cccc(Cl)c1. The van der Waals surface area contributed by atoms with Gasteiger partial charge in [0.05, 0.1) is 18.3 Å². The molecule has 0 unspecified atom stereocenters. The van der Waals surface area contributed by atoms with Gasteiger partial charge in [-0.2, -0.15) is 0 Å². The highest BCUT2D eigenvalue weighted by molar-refractivity contribution is 6.30. The molecule has 0 spiro atoms. The molecule has 2 rings (SSSR count). The number of benzene rings is 1. The fourth-order valence-corrected chi connectivity index (χ4v) is 1.80. The molecule has 1 amide bonds. The number of carboxylic acid groups (broad SMARTS) is 1. The Morgan fingerprint density at radius 1 is 1.40 bits per heavy atom. The van der Waals surface area contributed by atoms with E-state index in [0.717, 1.165) is 0 Å². The molecule has 0 aliphatic heterocycles. The Morgan fingerprint density at radius 3 is 2.90 bits per heavy atom. The first-order valence-electron chi connectivity index (χ1n) is 5.69. The van der Waals surface area contributed by atoms with Gasteiger partial charge in [0.15, 0.2) is 0 Å². The Balaban J connectivity index is 2.01. The minimum absolute atomic E-state index is 0.116. The quantitative estimate of drug-likeness (QED) is 0.863. The van der Waals surface area contributed by atoms with Gasteiger partial charge in [0, 0.05) is 10.7 Å². The first-order chi connectivity index (χ1) is 9.54. The summed E-state index contributed by atoms with van der Waals surface area (Å²) in [6.45, 7) is -0.116. The predicted molar refractivity (Wildman–Crippen MR) is 71.4 cm³/mol. The van der Waals surface area contributed by atoms with Crippen molar-refractivity contribution in [2.45, 2.75) is 13.0 Å². The summed E-state index contributed by atoms with van der Waals surface area (Å²) in [7, 11) is 0. The second-order valence-electron chi connectivity index (χ2n) is 4.01. The van der Waals surface area contributed by atoms with Crippen LogP contribution in [-0.2, 0) is 22.6 Å². The number of halogens is 1. The highest BCUT2D eigenvalue weighted by atomic mass is 35.5. The van der Waals surface area contributed by atoms with Gasteiger partial charge in [-0.15, -0.1) is 5.10 Å². The van der Waals surface area contributed by atoms with Gasteiger partial charge >= 0.3 is 5.97 Å². The second-order valence-corrected chi connectivity index (χ2v) is 4.45. The highest BCUT2D eigenvalue weighted by Gasteiger charge is 2.11. The van der Waals surface area contributed by atoms with Gasteiger partial charge in [0.1, 0.15) is 6.54 Å². The maximum atomic E-state index is 11.8. The summed E-state index contributed by atoms with van der Waals surface area (Å²) in [6.07, 6.45) is 1.08. The van der Waals surface area contributed by atoms with Gasteiger partial charge in [-0.1, -0.05) is 22.9 Å². The lowest BCUT2D eigenvalue weighted by Crippen LogP contribution is -2.21. The van der Waals surface area contributed by atoms with Crippen LogP contribution >= 0.6 is 11.6 Å². The van der Waals surface area contributed by atoms with Crippen molar-refractivity contribution in [3.8, 4) is 0 Å². The number of rotatable bonds is 5. The Hall–Kier alpha value is -2.41. The second kappa shape index (κ2) is 6.16. The van der Waals surface area contributed by atoms with Crippen LogP contribution in [-0.4, -0.2) is 32.0 Å². The monoisotopic (exact) mass is 294 g/mol. The van der Waals surface area contributed by atoms with Crippen molar-refractivity contribution >= 4 is 29.2 Å². The van der Waals surface area contributed by atoms with Gasteiger partial charge < -0.3 is 10.4 Å². The van der Waals surface area contributed by atoms with Crippen LogP contribution < -0.4 is 5.32 Å². The van der Waals surface area contributed by atoms with E-state index in [1.165, 1.54) is 10.9 Å². The zero-order chi connectivity index (χ0) is 14.5. The summed E-state index contributed by atoms with van der Waals surface area (Å²) in [5.41, 5.74) is 0.918. The molecular weight excluding hydrogens is 284 g/mol. The van der Waals surface area contributed by atoms with E-state index in [4.69, 9.17) is 16.7 Å². The number of carboxylic acids is 1. The molecule has 0 aliphatic rings. The minimum atomic E-state index is -1.01. The third-order valence-corrected chi connectivity index (χ3v) is 2.67. The average molecular weight is 295 g/mol. The molecule has 2 N–H and O–H groups in total. The van der Waals surface area contributed by atoms with Crippen LogP contribution in [0.5, 0.6) is 0 Å². The summed E-state index contributed by atoms with van der Waals surface area (Å²) in [5, 5.41) is 19.2. The van der Waals surface area contributed by atoms with Crippen LogP contribution in [0.25, 0.3) is 0 Å². The maximum absolute atomic E-state index is 11.8. The molecule has 1 heterocycles. The molecule has 0 radical (unpaired) electrons. The van der Waals surface area contributed by atoms with Gasteiger partial charge in [-0.3, -0.25) is 9.59 Å². The van der Waals surface area contributed by atoms with Crippen LogP contribution in [0.2, 0.25) is 5.02 Å². The van der Waals surface area contributed by atoms with Gasteiger partial charge in [-0.05, 0) is 18.2 Å². The molecule has 1 aromatic carbocycles. The van der Waals surface area contributed by atoms with Crippen molar-refractivity contribution in [1.82, 2.24) is 15.0 Å². The first-order valence-corrected chi connectivity index (χ1v) is 6.07. The lowest BCUT2D eigenvalue weighted by atomic mass is 10.3. The van der Waals surface area contributed by atoms with Crippen LogP contribution in [0.15, 0.2) is 30.5 Å². The van der Waals surface area contributed by atoms with Crippen LogP contribution in [0.3, 0.4) is 0 Å². The topological polar surface area (TPSA) is 97.1 Å². The molecule has 7 nitrogen and oxygen atoms in total. The van der Waals surface area contributed by atoms with E-state index < -0.39 is 5.97 Å². The number of nitrogens with one attached hydrogen (secondary N) is 1. The molecule has 0 saturated heterocycles. The number of amides is 1.